The van der Waals surface area contributed by atoms with E-state index in [2.05, 4.69) is 5.32 Å². The maximum atomic E-state index is 12.6. The van der Waals surface area contributed by atoms with Crippen LogP contribution >= 0.6 is 0 Å². The van der Waals surface area contributed by atoms with Crippen LogP contribution in [0.2, 0.25) is 0 Å². The number of anilines is 1. The Bertz CT molecular complexity index is 840. The van der Waals surface area contributed by atoms with Crippen molar-refractivity contribution in [3.63, 3.8) is 0 Å². The van der Waals surface area contributed by atoms with Crippen LogP contribution in [0.15, 0.2) is 48.5 Å². The van der Waals surface area contributed by atoms with Crippen molar-refractivity contribution >= 4 is 28.9 Å². The number of esters is 1. The number of amides is 1. The van der Waals surface area contributed by atoms with Crippen LogP contribution in [0.1, 0.15) is 35.3 Å². The molecule has 0 aromatic heterocycles. The highest BCUT2D eigenvalue weighted by atomic mass is 16.5. The van der Waals surface area contributed by atoms with Crippen LogP contribution in [0, 0.1) is 0 Å². The smallest absolute Gasteiger partial charge is 0.338 e. The van der Waals surface area contributed by atoms with E-state index in [-0.39, 0.29) is 5.91 Å². The van der Waals surface area contributed by atoms with Crippen LogP contribution in [-0.4, -0.2) is 25.1 Å². The number of benzene rings is 2. The van der Waals surface area contributed by atoms with Gasteiger partial charge in [-0.1, -0.05) is 36.4 Å². The summed E-state index contributed by atoms with van der Waals surface area (Å²) >= 11 is 0. The van der Waals surface area contributed by atoms with Gasteiger partial charge in [0.15, 0.2) is 0 Å². The van der Waals surface area contributed by atoms with Gasteiger partial charge in [0.1, 0.15) is 5.76 Å². The summed E-state index contributed by atoms with van der Waals surface area (Å²) in [6, 6.07) is 14.5. The van der Waals surface area contributed by atoms with Crippen LogP contribution in [0.4, 0.5) is 5.69 Å². The van der Waals surface area contributed by atoms with E-state index in [1.54, 1.807) is 25.1 Å². The highest BCUT2D eigenvalue weighted by molar-refractivity contribution is 6.36. The molecule has 0 aliphatic carbocycles. The van der Waals surface area contributed by atoms with E-state index in [1.165, 1.54) is 0 Å². The molecule has 0 fully saturated rings. The highest BCUT2D eigenvalue weighted by Crippen LogP contribution is 2.38. The van der Waals surface area contributed by atoms with Gasteiger partial charge < -0.3 is 14.8 Å². The number of hydrogen-bond donors (Lipinski definition) is 1. The molecule has 128 valence electrons. The van der Waals surface area contributed by atoms with Gasteiger partial charge in [-0.3, -0.25) is 4.79 Å². The molecule has 2 aromatic carbocycles. The second-order valence-corrected chi connectivity index (χ2v) is 5.44. The lowest BCUT2D eigenvalue weighted by Gasteiger charge is -2.12. The van der Waals surface area contributed by atoms with Crippen LogP contribution in [0.5, 0.6) is 0 Å². The van der Waals surface area contributed by atoms with Crippen molar-refractivity contribution < 1.29 is 19.1 Å². The summed E-state index contributed by atoms with van der Waals surface area (Å²) in [5, 5.41) is 2.81. The molecule has 1 N–H and O–H groups in total. The van der Waals surface area contributed by atoms with Gasteiger partial charge in [0.2, 0.25) is 0 Å². The zero-order valence-electron chi connectivity index (χ0n) is 14.2. The maximum absolute atomic E-state index is 12.6. The zero-order valence-corrected chi connectivity index (χ0v) is 14.2. The fourth-order valence-electron chi connectivity index (χ4n) is 2.77. The first-order chi connectivity index (χ1) is 12.2. The van der Waals surface area contributed by atoms with Gasteiger partial charge in [0.25, 0.3) is 5.91 Å². The Balaban J connectivity index is 2.10. The van der Waals surface area contributed by atoms with Crippen molar-refractivity contribution in [1.29, 1.82) is 0 Å². The minimum Gasteiger partial charge on any atom is -0.492 e. The van der Waals surface area contributed by atoms with E-state index in [4.69, 9.17) is 9.47 Å². The Morgan fingerprint density at radius 3 is 2.36 bits per heavy atom. The molecule has 1 amide bonds. The summed E-state index contributed by atoms with van der Waals surface area (Å²) in [5.41, 5.74) is 3.00. The molecule has 0 radical (unpaired) electrons. The van der Waals surface area contributed by atoms with Crippen LogP contribution < -0.4 is 5.32 Å². The van der Waals surface area contributed by atoms with Crippen molar-refractivity contribution in [3.05, 3.63) is 65.2 Å². The topological polar surface area (TPSA) is 64.6 Å². The molecule has 0 atom stereocenters. The standard InChI is InChI=1S/C20H19NO4/c1-3-24-18(13-8-6-5-7-9-13)17-15-11-10-14(20(23)25-4-2)12-16(15)21-19(17)22/h5-12H,3-4H2,1-2H3,(H,21,22)/b18-17+. The summed E-state index contributed by atoms with van der Waals surface area (Å²) in [5.74, 6) is -0.128. The van der Waals surface area contributed by atoms with E-state index in [0.717, 1.165) is 5.56 Å². The number of nitrogens with one attached hydrogen (secondary N) is 1. The molecule has 1 aliphatic rings. The van der Waals surface area contributed by atoms with Gasteiger partial charge in [-0.05, 0) is 26.0 Å². The summed E-state index contributed by atoms with van der Waals surface area (Å²) in [7, 11) is 0. The number of hydrogen-bond acceptors (Lipinski definition) is 4. The lowest BCUT2D eigenvalue weighted by Crippen LogP contribution is -2.07. The Morgan fingerprint density at radius 1 is 0.960 bits per heavy atom. The molecule has 1 aliphatic heterocycles. The van der Waals surface area contributed by atoms with Crippen molar-refractivity contribution in [3.8, 4) is 0 Å². The second-order valence-electron chi connectivity index (χ2n) is 5.44. The van der Waals surface area contributed by atoms with Gasteiger partial charge in [-0.2, -0.15) is 0 Å². The molecule has 1 heterocycles. The monoisotopic (exact) mass is 337 g/mol. The number of carbonyl (C=O) groups is 2. The maximum Gasteiger partial charge on any atom is 0.338 e. The molecule has 3 rings (SSSR count). The highest BCUT2D eigenvalue weighted by Gasteiger charge is 2.30. The lowest BCUT2D eigenvalue weighted by atomic mass is 10.0. The zero-order chi connectivity index (χ0) is 17.8. The van der Waals surface area contributed by atoms with Gasteiger partial charge in [0, 0.05) is 11.1 Å². The van der Waals surface area contributed by atoms with Crippen molar-refractivity contribution in [2.75, 3.05) is 18.5 Å². The minimum atomic E-state index is -0.412. The SMILES string of the molecule is CCOC(=O)c1ccc2c(c1)NC(=O)/C2=C(/OCC)c1ccccc1. The van der Waals surface area contributed by atoms with Gasteiger partial charge in [-0.25, -0.2) is 4.79 Å². The predicted octanol–water partition coefficient (Wildman–Crippen LogP) is 3.72. The molecule has 5 heteroatoms. The fraction of sp³-hybridized carbons (Fsp3) is 0.200. The number of fused-ring (bicyclic) bond motifs is 1. The van der Waals surface area contributed by atoms with E-state index < -0.39 is 5.97 Å². The van der Waals surface area contributed by atoms with Gasteiger partial charge in [0.05, 0.1) is 30.0 Å². The number of ether oxygens (including phenoxy) is 2. The van der Waals surface area contributed by atoms with Crippen LogP contribution in [0.25, 0.3) is 11.3 Å². The third-order valence-electron chi connectivity index (χ3n) is 3.83. The van der Waals surface area contributed by atoms with Crippen molar-refractivity contribution in [2.24, 2.45) is 0 Å². The Kier molecular flexibility index (Phi) is 4.84. The summed E-state index contributed by atoms with van der Waals surface area (Å²) in [6.07, 6.45) is 0. The number of carbonyl (C=O) groups excluding carboxylic acids is 2. The Morgan fingerprint density at radius 2 is 1.68 bits per heavy atom. The molecule has 5 nitrogen and oxygen atoms in total. The third-order valence-corrected chi connectivity index (χ3v) is 3.83. The van der Waals surface area contributed by atoms with Crippen LogP contribution in [-0.2, 0) is 14.3 Å². The van der Waals surface area contributed by atoms with E-state index in [9.17, 15) is 9.59 Å². The van der Waals surface area contributed by atoms with Crippen molar-refractivity contribution in [2.45, 2.75) is 13.8 Å². The summed E-state index contributed by atoms with van der Waals surface area (Å²) < 4.78 is 10.8. The fourth-order valence-corrected chi connectivity index (χ4v) is 2.77. The average Bonchev–Trinajstić information content (AvgIpc) is 2.95. The predicted molar refractivity (Wildman–Crippen MR) is 95.9 cm³/mol. The molecular weight excluding hydrogens is 318 g/mol. The largest absolute Gasteiger partial charge is 0.492 e. The van der Waals surface area contributed by atoms with E-state index >= 15 is 0 Å². The summed E-state index contributed by atoms with van der Waals surface area (Å²) in [4.78, 5) is 24.5. The van der Waals surface area contributed by atoms with Crippen molar-refractivity contribution in [1.82, 2.24) is 0 Å². The molecule has 25 heavy (non-hydrogen) atoms. The molecule has 0 saturated carbocycles. The molecule has 0 saturated heterocycles. The first kappa shape index (κ1) is 16.8. The first-order valence-corrected chi connectivity index (χ1v) is 8.21. The molecule has 0 bridgehead atoms. The molecule has 2 aromatic rings. The number of rotatable bonds is 5. The first-order valence-electron chi connectivity index (χ1n) is 8.21. The average molecular weight is 337 g/mol. The van der Waals surface area contributed by atoms with Gasteiger partial charge >= 0.3 is 5.97 Å². The third kappa shape index (κ3) is 3.26. The normalized spacial score (nSPS) is 14.6. The lowest BCUT2D eigenvalue weighted by molar-refractivity contribution is -0.110. The van der Waals surface area contributed by atoms with Gasteiger partial charge in [-0.15, -0.1) is 0 Å². The molecule has 0 unspecified atom stereocenters. The summed E-state index contributed by atoms with van der Waals surface area (Å²) in [6.45, 7) is 4.37. The van der Waals surface area contributed by atoms with E-state index in [0.29, 0.717) is 41.4 Å². The Labute approximate surface area is 146 Å². The van der Waals surface area contributed by atoms with E-state index in [1.807, 2.05) is 37.3 Å². The quantitative estimate of drug-likeness (QED) is 0.513. The minimum absolute atomic E-state index is 0.247. The van der Waals surface area contributed by atoms with Crippen LogP contribution in [0.3, 0.4) is 0 Å². The second kappa shape index (κ2) is 7.21. The molecule has 0 spiro atoms. The Hall–Kier alpha value is -3.08. The molecular formula is C20H19NO4.